The van der Waals surface area contributed by atoms with E-state index in [1.54, 1.807) is 0 Å². The van der Waals surface area contributed by atoms with Gasteiger partial charge in [0.25, 0.3) is 0 Å². The molecule has 2 aliphatic heterocycles. The van der Waals surface area contributed by atoms with E-state index in [1.807, 2.05) is 25.1 Å². The Labute approximate surface area is 117 Å². The molecule has 1 aromatic carbocycles. The van der Waals surface area contributed by atoms with Gasteiger partial charge in [-0.15, -0.1) is 0 Å². The second kappa shape index (κ2) is 5.02. The summed E-state index contributed by atoms with van der Waals surface area (Å²) in [5.74, 6) is -0.0892. The summed E-state index contributed by atoms with van der Waals surface area (Å²) in [4.78, 5) is 12.1. The van der Waals surface area contributed by atoms with Crippen molar-refractivity contribution in [2.24, 2.45) is 5.92 Å². The Balaban J connectivity index is 1.96. The van der Waals surface area contributed by atoms with Gasteiger partial charge in [0.05, 0.1) is 12.7 Å². The van der Waals surface area contributed by atoms with E-state index in [0.717, 1.165) is 17.7 Å². The van der Waals surface area contributed by atoms with Crippen LogP contribution in [0.1, 0.15) is 25.0 Å². The molecule has 4 nitrogen and oxygen atoms in total. The highest BCUT2D eigenvalue weighted by Gasteiger charge is 2.44. The molecule has 0 amide bonds. The summed E-state index contributed by atoms with van der Waals surface area (Å²) in [6, 6.07) is 5.28. The average molecular weight is 282 g/mol. The molecule has 0 aliphatic carbocycles. The molecule has 102 valence electrons. The summed E-state index contributed by atoms with van der Waals surface area (Å²) in [5.41, 5.74) is 1.95. The zero-order chi connectivity index (χ0) is 13.4. The van der Waals surface area contributed by atoms with Gasteiger partial charge in [-0.3, -0.25) is 0 Å². The van der Waals surface area contributed by atoms with Gasteiger partial charge in [0, 0.05) is 28.8 Å². The number of ether oxygens (including phenoxy) is 2. The van der Waals surface area contributed by atoms with Gasteiger partial charge >= 0.3 is 5.97 Å². The molecule has 0 bridgehead atoms. The predicted molar refractivity (Wildman–Crippen MR) is 72.3 cm³/mol. The SMILES string of the molecule is CCOC(=O)[C@@H]1Nc2ccc(Cl)cc2C2OCC[C@H]21. The first-order valence-electron chi connectivity index (χ1n) is 6.55. The number of fused-ring (bicyclic) bond motifs is 3. The zero-order valence-corrected chi connectivity index (χ0v) is 11.4. The van der Waals surface area contributed by atoms with E-state index in [4.69, 9.17) is 21.1 Å². The Kier molecular flexibility index (Phi) is 3.37. The van der Waals surface area contributed by atoms with Crippen LogP contribution in [-0.4, -0.2) is 25.2 Å². The molecule has 2 heterocycles. The first-order chi connectivity index (χ1) is 9.20. The minimum absolute atomic E-state index is 0.0654. The van der Waals surface area contributed by atoms with E-state index in [0.29, 0.717) is 18.2 Å². The summed E-state index contributed by atoms with van der Waals surface area (Å²) in [6.45, 7) is 2.87. The number of hydrogen-bond donors (Lipinski definition) is 1. The molecule has 1 N–H and O–H groups in total. The van der Waals surface area contributed by atoms with Crippen LogP contribution >= 0.6 is 11.6 Å². The Morgan fingerprint density at radius 2 is 2.42 bits per heavy atom. The fraction of sp³-hybridized carbons (Fsp3) is 0.500. The zero-order valence-electron chi connectivity index (χ0n) is 10.7. The maximum absolute atomic E-state index is 12.1. The summed E-state index contributed by atoms with van der Waals surface area (Å²) < 4.78 is 10.9. The van der Waals surface area contributed by atoms with E-state index in [-0.39, 0.29) is 24.0 Å². The Hall–Kier alpha value is -1.26. The highest BCUT2D eigenvalue weighted by Crippen LogP contribution is 2.45. The maximum atomic E-state index is 12.1. The largest absolute Gasteiger partial charge is 0.464 e. The number of rotatable bonds is 2. The molecular formula is C14H16ClNO3. The molecular weight excluding hydrogens is 266 g/mol. The van der Waals surface area contributed by atoms with Crippen molar-refractivity contribution in [3.63, 3.8) is 0 Å². The summed E-state index contributed by atoms with van der Waals surface area (Å²) in [6.07, 6.45) is 0.789. The van der Waals surface area contributed by atoms with Crippen LogP contribution in [0.25, 0.3) is 0 Å². The van der Waals surface area contributed by atoms with Gasteiger partial charge in [0.1, 0.15) is 6.04 Å². The molecule has 1 aromatic rings. The first-order valence-corrected chi connectivity index (χ1v) is 6.92. The second-order valence-electron chi connectivity index (χ2n) is 4.85. The van der Waals surface area contributed by atoms with Crippen molar-refractivity contribution in [1.82, 2.24) is 0 Å². The smallest absolute Gasteiger partial charge is 0.328 e. The number of esters is 1. The van der Waals surface area contributed by atoms with E-state index in [9.17, 15) is 4.79 Å². The standard InChI is InChI=1S/C14H16ClNO3/c1-2-18-14(17)12-9-5-6-19-13(9)10-7-8(15)3-4-11(10)16-12/h3-4,7,9,12-13,16H,2,5-6H2,1H3/t9-,12+,13?/m0/s1. The van der Waals surface area contributed by atoms with Gasteiger partial charge in [0.2, 0.25) is 0 Å². The number of anilines is 1. The van der Waals surface area contributed by atoms with Crippen LogP contribution in [0.15, 0.2) is 18.2 Å². The lowest BCUT2D eigenvalue weighted by Gasteiger charge is -2.34. The van der Waals surface area contributed by atoms with Crippen LogP contribution < -0.4 is 5.32 Å². The highest BCUT2D eigenvalue weighted by molar-refractivity contribution is 6.30. The van der Waals surface area contributed by atoms with E-state index in [2.05, 4.69) is 5.32 Å². The van der Waals surface area contributed by atoms with Crippen molar-refractivity contribution in [2.45, 2.75) is 25.5 Å². The van der Waals surface area contributed by atoms with Crippen LogP contribution in [0.4, 0.5) is 5.69 Å². The third-order valence-corrected chi connectivity index (χ3v) is 3.97. The third-order valence-electron chi connectivity index (χ3n) is 3.74. The quantitative estimate of drug-likeness (QED) is 0.847. The van der Waals surface area contributed by atoms with Gasteiger partial charge in [0.15, 0.2) is 0 Å². The Bertz CT molecular complexity index is 505. The van der Waals surface area contributed by atoms with Gasteiger partial charge in [-0.05, 0) is 31.5 Å². The molecule has 5 heteroatoms. The van der Waals surface area contributed by atoms with Crippen LogP contribution in [-0.2, 0) is 14.3 Å². The first kappa shape index (κ1) is 12.8. The molecule has 0 radical (unpaired) electrons. The van der Waals surface area contributed by atoms with Gasteiger partial charge in [-0.1, -0.05) is 11.6 Å². The Morgan fingerprint density at radius 1 is 1.58 bits per heavy atom. The third kappa shape index (κ3) is 2.19. The number of halogens is 1. The molecule has 19 heavy (non-hydrogen) atoms. The number of benzene rings is 1. The second-order valence-corrected chi connectivity index (χ2v) is 5.29. The van der Waals surface area contributed by atoms with Crippen molar-refractivity contribution in [1.29, 1.82) is 0 Å². The molecule has 3 rings (SSSR count). The molecule has 2 aliphatic rings. The molecule has 1 fully saturated rings. The summed E-state index contributed by atoms with van der Waals surface area (Å²) in [7, 11) is 0. The fourth-order valence-electron chi connectivity index (χ4n) is 2.91. The van der Waals surface area contributed by atoms with Gasteiger partial charge in [-0.2, -0.15) is 0 Å². The van der Waals surface area contributed by atoms with E-state index in [1.165, 1.54) is 0 Å². The molecule has 0 spiro atoms. The molecule has 0 saturated carbocycles. The number of nitrogens with one attached hydrogen (secondary N) is 1. The van der Waals surface area contributed by atoms with E-state index < -0.39 is 0 Å². The molecule has 1 unspecified atom stereocenters. The van der Waals surface area contributed by atoms with Crippen molar-refractivity contribution in [3.8, 4) is 0 Å². The normalized spacial score (nSPS) is 28.2. The maximum Gasteiger partial charge on any atom is 0.328 e. The van der Waals surface area contributed by atoms with Gasteiger partial charge in [-0.25, -0.2) is 4.79 Å². The molecule has 1 saturated heterocycles. The predicted octanol–water partition coefficient (Wildman–Crippen LogP) is 2.77. The van der Waals surface area contributed by atoms with Crippen molar-refractivity contribution >= 4 is 23.3 Å². The van der Waals surface area contributed by atoms with Crippen molar-refractivity contribution in [3.05, 3.63) is 28.8 Å². The minimum Gasteiger partial charge on any atom is -0.464 e. The topological polar surface area (TPSA) is 47.6 Å². The monoisotopic (exact) mass is 281 g/mol. The lowest BCUT2D eigenvalue weighted by molar-refractivity contribution is -0.146. The number of carbonyl (C=O) groups excluding carboxylic acids is 1. The lowest BCUT2D eigenvalue weighted by Crippen LogP contribution is -2.43. The fourth-order valence-corrected chi connectivity index (χ4v) is 3.09. The molecule has 3 atom stereocenters. The van der Waals surface area contributed by atoms with Crippen LogP contribution in [0.3, 0.4) is 0 Å². The van der Waals surface area contributed by atoms with Gasteiger partial charge < -0.3 is 14.8 Å². The summed E-state index contributed by atoms with van der Waals surface area (Å²) in [5, 5.41) is 3.95. The van der Waals surface area contributed by atoms with E-state index >= 15 is 0 Å². The van der Waals surface area contributed by atoms with Crippen molar-refractivity contribution in [2.75, 3.05) is 18.5 Å². The van der Waals surface area contributed by atoms with Crippen LogP contribution in [0.5, 0.6) is 0 Å². The lowest BCUT2D eigenvalue weighted by atomic mass is 9.84. The molecule has 0 aromatic heterocycles. The highest BCUT2D eigenvalue weighted by atomic mass is 35.5. The average Bonchev–Trinajstić information content (AvgIpc) is 2.87. The number of hydrogen-bond acceptors (Lipinski definition) is 4. The van der Waals surface area contributed by atoms with Crippen LogP contribution in [0.2, 0.25) is 5.02 Å². The summed E-state index contributed by atoms with van der Waals surface area (Å²) >= 11 is 6.04. The minimum atomic E-state index is -0.332. The number of carbonyl (C=O) groups is 1. The van der Waals surface area contributed by atoms with Crippen molar-refractivity contribution < 1.29 is 14.3 Å². The Morgan fingerprint density at radius 3 is 3.21 bits per heavy atom. The van der Waals surface area contributed by atoms with Crippen LogP contribution in [0, 0.1) is 5.92 Å².